The summed E-state index contributed by atoms with van der Waals surface area (Å²) in [6, 6.07) is 3.62. The highest BCUT2D eigenvalue weighted by atomic mass is 19.1. The minimum atomic E-state index is -0.411. The molecule has 0 atom stereocenters. The van der Waals surface area contributed by atoms with E-state index in [2.05, 4.69) is 19.8 Å². The van der Waals surface area contributed by atoms with Gasteiger partial charge < -0.3 is 10.0 Å². The molecule has 122 valence electrons. The smallest absolute Gasteiger partial charge is 0.225 e. The first-order chi connectivity index (χ1) is 11.0. The largest absolute Gasteiger partial charge is 0.508 e. The van der Waals surface area contributed by atoms with Crippen LogP contribution in [0.1, 0.15) is 16.7 Å². The molecule has 1 saturated heterocycles. The van der Waals surface area contributed by atoms with Crippen LogP contribution in [0.5, 0.6) is 5.75 Å². The number of phenols is 1. The van der Waals surface area contributed by atoms with Crippen LogP contribution in [-0.2, 0) is 6.54 Å². The molecule has 0 aliphatic carbocycles. The highest BCUT2D eigenvalue weighted by molar-refractivity contribution is 5.40. The Balaban J connectivity index is 1.62. The number of aromatic nitrogens is 2. The fourth-order valence-electron chi connectivity index (χ4n) is 3.02. The molecule has 0 bridgehead atoms. The normalized spacial score (nSPS) is 15.9. The second-order valence-corrected chi connectivity index (χ2v) is 6.02. The first-order valence-corrected chi connectivity index (χ1v) is 7.77. The molecule has 1 aliphatic rings. The number of nitrogens with zero attached hydrogens (tertiary/aromatic N) is 4. The Hall–Kier alpha value is -2.21. The fraction of sp³-hybridized carbons (Fsp3) is 0.412. The van der Waals surface area contributed by atoms with E-state index in [4.69, 9.17) is 0 Å². The Morgan fingerprint density at radius 1 is 1.04 bits per heavy atom. The quantitative estimate of drug-likeness (QED) is 0.941. The predicted molar refractivity (Wildman–Crippen MR) is 87.1 cm³/mol. The highest BCUT2D eigenvalue weighted by Crippen LogP contribution is 2.23. The van der Waals surface area contributed by atoms with Crippen molar-refractivity contribution in [2.24, 2.45) is 0 Å². The van der Waals surface area contributed by atoms with Crippen molar-refractivity contribution >= 4 is 5.95 Å². The van der Waals surface area contributed by atoms with Gasteiger partial charge in [0.2, 0.25) is 5.95 Å². The maximum Gasteiger partial charge on any atom is 0.225 e. The molecular formula is C17H21FN4O. The number of aromatic hydroxyl groups is 1. The number of anilines is 1. The lowest BCUT2D eigenvalue weighted by molar-refractivity contribution is 0.247. The lowest BCUT2D eigenvalue weighted by atomic mass is 10.0. The van der Waals surface area contributed by atoms with Crippen LogP contribution < -0.4 is 4.90 Å². The Morgan fingerprint density at radius 3 is 2.17 bits per heavy atom. The summed E-state index contributed by atoms with van der Waals surface area (Å²) in [7, 11) is 0. The predicted octanol–water partition coefficient (Wildman–Crippen LogP) is 2.26. The maximum absolute atomic E-state index is 12.9. The summed E-state index contributed by atoms with van der Waals surface area (Å²) in [5.41, 5.74) is 3.51. The summed E-state index contributed by atoms with van der Waals surface area (Å²) in [6.45, 7) is 8.38. The Kier molecular flexibility index (Phi) is 4.43. The molecule has 0 amide bonds. The standard InChI is InChI=1S/C17H21FN4O/c1-12-7-15(23)8-13(2)16(12)11-21-3-5-22(6-4-21)17-19-9-14(18)10-20-17/h7-10,23H,3-6,11H2,1-2H3. The monoisotopic (exact) mass is 316 g/mol. The minimum Gasteiger partial charge on any atom is -0.508 e. The zero-order valence-corrected chi connectivity index (χ0v) is 13.5. The Morgan fingerprint density at radius 2 is 1.61 bits per heavy atom. The van der Waals surface area contributed by atoms with Gasteiger partial charge in [-0.2, -0.15) is 0 Å². The first-order valence-electron chi connectivity index (χ1n) is 7.77. The van der Waals surface area contributed by atoms with E-state index in [1.54, 1.807) is 0 Å². The number of phenolic OH excluding ortho intramolecular Hbond substituents is 1. The van der Waals surface area contributed by atoms with Gasteiger partial charge in [-0.15, -0.1) is 0 Å². The van der Waals surface area contributed by atoms with Crippen molar-refractivity contribution in [3.05, 3.63) is 47.0 Å². The van der Waals surface area contributed by atoms with Gasteiger partial charge in [0.05, 0.1) is 12.4 Å². The van der Waals surface area contributed by atoms with Gasteiger partial charge in [0.25, 0.3) is 0 Å². The molecule has 1 aliphatic heterocycles. The second kappa shape index (κ2) is 6.50. The van der Waals surface area contributed by atoms with Gasteiger partial charge in [-0.25, -0.2) is 14.4 Å². The second-order valence-electron chi connectivity index (χ2n) is 6.02. The molecule has 1 aromatic heterocycles. The van der Waals surface area contributed by atoms with E-state index in [9.17, 15) is 9.50 Å². The van der Waals surface area contributed by atoms with Gasteiger partial charge in [-0.3, -0.25) is 4.90 Å². The third kappa shape index (κ3) is 3.59. The van der Waals surface area contributed by atoms with Crippen molar-refractivity contribution in [1.29, 1.82) is 0 Å². The van der Waals surface area contributed by atoms with Crippen LogP contribution in [0.2, 0.25) is 0 Å². The van der Waals surface area contributed by atoms with Crippen molar-refractivity contribution in [2.45, 2.75) is 20.4 Å². The van der Waals surface area contributed by atoms with E-state index in [0.717, 1.165) is 43.9 Å². The third-order valence-corrected chi connectivity index (χ3v) is 4.32. The average molecular weight is 316 g/mol. The van der Waals surface area contributed by atoms with Crippen LogP contribution in [0.15, 0.2) is 24.5 Å². The van der Waals surface area contributed by atoms with E-state index >= 15 is 0 Å². The van der Waals surface area contributed by atoms with Crippen LogP contribution in [0, 0.1) is 19.7 Å². The van der Waals surface area contributed by atoms with Crippen LogP contribution in [0.3, 0.4) is 0 Å². The maximum atomic E-state index is 12.9. The summed E-state index contributed by atoms with van der Waals surface area (Å²) in [5, 5.41) is 9.64. The van der Waals surface area contributed by atoms with Gasteiger partial charge in [0.1, 0.15) is 5.75 Å². The first kappa shape index (κ1) is 15.7. The van der Waals surface area contributed by atoms with E-state index < -0.39 is 5.82 Å². The molecule has 23 heavy (non-hydrogen) atoms. The van der Waals surface area contributed by atoms with E-state index in [1.165, 1.54) is 18.0 Å². The zero-order valence-electron chi connectivity index (χ0n) is 13.5. The van der Waals surface area contributed by atoms with E-state index in [1.807, 2.05) is 26.0 Å². The summed E-state index contributed by atoms with van der Waals surface area (Å²) >= 11 is 0. The molecule has 1 aromatic carbocycles. The molecule has 0 spiro atoms. The van der Waals surface area contributed by atoms with Crippen LogP contribution in [-0.4, -0.2) is 46.2 Å². The molecular weight excluding hydrogens is 295 g/mol. The zero-order chi connectivity index (χ0) is 16.4. The number of hydrogen-bond donors (Lipinski definition) is 1. The lowest BCUT2D eigenvalue weighted by Gasteiger charge is -2.35. The van der Waals surface area contributed by atoms with Crippen molar-refractivity contribution in [1.82, 2.24) is 14.9 Å². The molecule has 0 unspecified atom stereocenters. The minimum absolute atomic E-state index is 0.321. The Bertz CT molecular complexity index is 658. The summed E-state index contributed by atoms with van der Waals surface area (Å²) in [5.74, 6) is 0.496. The van der Waals surface area contributed by atoms with Crippen molar-refractivity contribution in [2.75, 3.05) is 31.1 Å². The van der Waals surface area contributed by atoms with Gasteiger partial charge in [-0.05, 0) is 42.7 Å². The van der Waals surface area contributed by atoms with Crippen molar-refractivity contribution in [3.8, 4) is 5.75 Å². The summed E-state index contributed by atoms with van der Waals surface area (Å²) in [6.07, 6.45) is 2.41. The number of halogens is 1. The number of piperazine rings is 1. The number of aryl methyl sites for hydroxylation is 2. The molecule has 1 fully saturated rings. The Labute approximate surface area is 135 Å². The van der Waals surface area contributed by atoms with Crippen LogP contribution in [0.25, 0.3) is 0 Å². The summed E-state index contributed by atoms with van der Waals surface area (Å²) < 4.78 is 12.9. The number of benzene rings is 1. The van der Waals surface area contributed by atoms with Crippen LogP contribution >= 0.6 is 0 Å². The molecule has 0 radical (unpaired) electrons. The van der Waals surface area contributed by atoms with Crippen molar-refractivity contribution in [3.63, 3.8) is 0 Å². The average Bonchev–Trinajstić information content (AvgIpc) is 2.52. The molecule has 3 rings (SSSR count). The van der Waals surface area contributed by atoms with Crippen molar-refractivity contribution < 1.29 is 9.50 Å². The van der Waals surface area contributed by atoms with E-state index in [0.29, 0.717) is 11.7 Å². The molecule has 1 N–H and O–H groups in total. The molecule has 0 saturated carbocycles. The van der Waals surface area contributed by atoms with Gasteiger partial charge in [-0.1, -0.05) is 0 Å². The SMILES string of the molecule is Cc1cc(O)cc(C)c1CN1CCN(c2ncc(F)cn2)CC1. The molecule has 2 aromatic rings. The molecule has 2 heterocycles. The number of rotatable bonds is 3. The lowest BCUT2D eigenvalue weighted by Crippen LogP contribution is -2.46. The fourth-order valence-corrected chi connectivity index (χ4v) is 3.02. The van der Waals surface area contributed by atoms with Crippen LogP contribution in [0.4, 0.5) is 10.3 Å². The summed E-state index contributed by atoms with van der Waals surface area (Å²) in [4.78, 5) is 12.5. The van der Waals surface area contributed by atoms with Gasteiger partial charge in [0.15, 0.2) is 5.82 Å². The third-order valence-electron chi connectivity index (χ3n) is 4.32. The number of hydrogen-bond acceptors (Lipinski definition) is 5. The topological polar surface area (TPSA) is 52.5 Å². The van der Waals surface area contributed by atoms with Gasteiger partial charge in [0, 0.05) is 32.7 Å². The molecule has 5 nitrogen and oxygen atoms in total. The van der Waals surface area contributed by atoms with E-state index in [-0.39, 0.29) is 0 Å². The van der Waals surface area contributed by atoms with Gasteiger partial charge >= 0.3 is 0 Å². The molecule has 6 heteroatoms. The highest BCUT2D eigenvalue weighted by Gasteiger charge is 2.20.